The van der Waals surface area contributed by atoms with Crippen LogP contribution in [0.1, 0.15) is 91.7 Å². The van der Waals surface area contributed by atoms with Crippen LogP contribution < -0.4 is 5.32 Å². The van der Waals surface area contributed by atoms with E-state index in [4.69, 9.17) is 0 Å². The van der Waals surface area contributed by atoms with E-state index in [0.29, 0.717) is 44.6 Å². The number of piperazine rings is 1. The maximum Gasteiger partial charge on any atom is 0.254 e. The molecule has 196 valence electrons. The summed E-state index contributed by atoms with van der Waals surface area (Å²) < 4.78 is 0. The van der Waals surface area contributed by atoms with Gasteiger partial charge in [-0.2, -0.15) is 0 Å². The molecule has 1 atom stereocenters. The number of nitrogens with zero attached hydrogens (tertiary/aromatic N) is 2. The smallest absolute Gasteiger partial charge is 0.254 e. The van der Waals surface area contributed by atoms with E-state index < -0.39 is 5.60 Å². The fourth-order valence-electron chi connectivity index (χ4n) is 6.85. The number of fused-ring (bicyclic) bond motifs is 2. The van der Waals surface area contributed by atoms with Crippen molar-refractivity contribution in [1.29, 1.82) is 0 Å². The van der Waals surface area contributed by atoms with Crippen molar-refractivity contribution < 1.29 is 14.7 Å². The summed E-state index contributed by atoms with van der Waals surface area (Å²) in [5.41, 5.74) is 3.78. The molecule has 2 heterocycles. The van der Waals surface area contributed by atoms with Crippen LogP contribution >= 0.6 is 0 Å². The van der Waals surface area contributed by atoms with Crippen LogP contribution in [0, 0.1) is 0 Å². The zero-order chi connectivity index (χ0) is 25.5. The van der Waals surface area contributed by atoms with Crippen LogP contribution in [0.4, 0.5) is 5.69 Å². The number of aliphatic hydroxyl groups is 1. The van der Waals surface area contributed by atoms with Gasteiger partial charge in [-0.3, -0.25) is 9.59 Å². The quantitative estimate of drug-likeness (QED) is 0.618. The summed E-state index contributed by atoms with van der Waals surface area (Å²) in [5, 5.41) is 13.9. The van der Waals surface area contributed by atoms with Gasteiger partial charge in [0.25, 0.3) is 11.8 Å². The number of hydrogen-bond donors (Lipinski definition) is 2. The number of nitrogens with one attached hydrogen (secondary N) is 1. The molecule has 2 amide bonds. The van der Waals surface area contributed by atoms with Gasteiger partial charge in [-0.1, -0.05) is 62.4 Å². The third kappa shape index (κ3) is 4.76. The molecule has 0 radical (unpaired) electrons. The lowest BCUT2D eigenvalue weighted by Crippen LogP contribution is -2.53. The van der Waals surface area contributed by atoms with Crippen molar-refractivity contribution in [2.75, 3.05) is 31.5 Å². The van der Waals surface area contributed by atoms with Gasteiger partial charge in [0.15, 0.2) is 0 Å². The van der Waals surface area contributed by atoms with Crippen LogP contribution in [0.25, 0.3) is 0 Å². The number of carbonyl (C=O) groups excluding carboxylic acids is 2. The average Bonchev–Trinajstić information content (AvgIpc) is 3.68. The van der Waals surface area contributed by atoms with Crippen molar-refractivity contribution in [1.82, 2.24) is 9.80 Å². The molecule has 6 nitrogen and oxygen atoms in total. The topological polar surface area (TPSA) is 72.9 Å². The molecule has 3 fully saturated rings. The van der Waals surface area contributed by atoms with Crippen LogP contribution in [0.3, 0.4) is 0 Å². The van der Waals surface area contributed by atoms with E-state index in [0.717, 1.165) is 6.42 Å². The molecule has 4 aliphatic rings. The van der Waals surface area contributed by atoms with Crippen LogP contribution in [0.5, 0.6) is 0 Å². The second-order valence-electron chi connectivity index (χ2n) is 11.7. The molecule has 2 aliphatic heterocycles. The van der Waals surface area contributed by atoms with Crippen molar-refractivity contribution in [3.05, 3.63) is 65.2 Å². The summed E-state index contributed by atoms with van der Waals surface area (Å²) in [6.45, 7) is 1.98. The van der Waals surface area contributed by atoms with Crippen molar-refractivity contribution in [3.8, 4) is 0 Å². The molecule has 6 heteroatoms. The highest BCUT2D eigenvalue weighted by Crippen LogP contribution is 2.50. The van der Waals surface area contributed by atoms with Gasteiger partial charge in [-0.25, -0.2) is 0 Å². The zero-order valence-electron chi connectivity index (χ0n) is 21.8. The van der Waals surface area contributed by atoms with E-state index in [1.54, 1.807) is 4.90 Å². The lowest BCUT2D eigenvalue weighted by molar-refractivity contribution is -0.143. The molecule has 2 saturated carbocycles. The first kappa shape index (κ1) is 24.5. The second-order valence-corrected chi connectivity index (χ2v) is 11.7. The standard InChI is InChI=1S/C31H39N3O3/c35-28(33-18-20-34(21-19-33)29(36)31(37)16-17-31)24-12-10-23(11-13-24)27-22-30(14-6-2-1-3-7-15-30)25-8-4-5-9-26(25)32-27/h4-5,8-13,27,32,37H,1-3,6-7,14-22H2. The van der Waals surface area contributed by atoms with E-state index in [1.807, 2.05) is 17.0 Å². The molecule has 6 rings (SSSR count). The Morgan fingerprint density at radius 1 is 0.784 bits per heavy atom. The zero-order valence-corrected chi connectivity index (χ0v) is 21.8. The van der Waals surface area contributed by atoms with Gasteiger partial charge in [0.2, 0.25) is 0 Å². The summed E-state index contributed by atoms with van der Waals surface area (Å²) in [7, 11) is 0. The summed E-state index contributed by atoms with van der Waals surface area (Å²) in [4.78, 5) is 29.1. The highest BCUT2D eigenvalue weighted by Gasteiger charge is 2.50. The van der Waals surface area contributed by atoms with E-state index in [2.05, 4.69) is 41.7 Å². The minimum Gasteiger partial charge on any atom is -0.380 e. The molecule has 2 aliphatic carbocycles. The van der Waals surface area contributed by atoms with E-state index >= 15 is 0 Å². The van der Waals surface area contributed by atoms with Gasteiger partial charge in [0.1, 0.15) is 5.60 Å². The fourth-order valence-corrected chi connectivity index (χ4v) is 6.85. The Bertz CT molecular complexity index is 1140. The van der Waals surface area contributed by atoms with E-state index in [-0.39, 0.29) is 23.3 Å². The first-order valence-electron chi connectivity index (χ1n) is 14.2. The monoisotopic (exact) mass is 501 g/mol. The Kier molecular flexibility index (Phi) is 6.47. The molecule has 0 bridgehead atoms. The molecular formula is C31H39N3O3. The van der Waals surface area contributed by atoms with Gasteiger partial charge in [0, 0.05) is 37.4 Å². The van der Waals surface area contributed by atoms with Crippen molar-refractivity contribution in [2.24, 2.45) is 0 Å². The third-order valence-electron chi connectivity index (χ3n) is 9.27. The number of rotatable bonds is 3. The minimum atomic E-state index is -1.13. The van der Waals surface area contributed by atoms with Crippen molar-refractivity contribution >= 4 is 17.5 Å². The predicted octanol–water partition coefficient (Wildman–Crippen LogP) is 5.03. The Labute approximate surface area is 220 Å². The number of para-hydroxylation sites is 1. The van der Waals surface area contributed by atoms with Gasteiger partial charge in [-0.15, -0.1) is 0 Å². The molecule has 37 heavy (non-hydrogen) atoms. The Morgan fingerprint density at radius 3 is 2.08 bits per heavy atom. The van der Waals surface area contributed by atoms with Gasteiger partial charge >= 0.3 is 0 Å². The third-order valence-corrected chi connectivity index (χ3v) is 9.27. The first-order valence-corrected chi connectivity index (χ1v) is 14.2. The summed E-state index contributed by atoms with van der Waals surface area (Å²) in [6, 6.07) is 17.3. The highest BCUT2D eigenvalue weighted by molar-refractivity contribution is 5.94. The predicted molar refractivity (Wildman–Crippen MR) is 145 cm³/mol. The first-order chi connectivity index (χ1) is 18.0. The SMILES string of the molecule is O=C(c1ccc(C2CC3(CCCCCCC3)c3ccccc3N2)cc1)N1CCN(C(=O)C2(O)CC2)CC1. The Morgan fingerprint density at radius 2 is 1.41 bits per heavy atom. The van der Waals surface area contributed by atoms with Gasteiger partial charge < -0.3 is 20.2 Å². The minimum absolute atomic E-state index is 0.0159. The number of amides is 2. The molecular weight excluding hydrogens is 462 g/mol. The molecule has 1 saturated heterocycles. The van der Waals surface area contributed by atoms with E-state index in [9.17, 15) is 14.7 Å². The molecule has 1 spiro atoms. The normalized spacial score (nSPS) is 24.4. The van der Waals surface area contributed by atoms with Crippen LogP contribution in [0.15, 0.2) is 48.5 Å². The Balaban J connectivity index is 1.15. The number of anilines is 1. The largest absolute Gasteiger partial charge is 0.380 e. The van der Waals surface area contributed by atoms with Crippen molar-refractivity contribution in [2.45, 2.75) is 81.3 Å². The highest BCUT2D eigenvalue weighted by atomic mass is 16.3. The molecule has 2 aromatic rings. The van der Waals surface area contributed by atoms with Crippen LogP contribution in [-0.4, -0.2) is 58.5 Å². The average molecular weight is 502 g/mol. The fraction of sp³-hybridized carbons (Fsp3) is 0.548. The molecule has 2 aromatic carbocycles. The number of hydrogen-bond acceptors (Lipinski definition) is 4. The number of carbonyl (C=O) groups is 2. The summed E-state index contributed by atoms with van der Waals surface area (Å²) >= 11 is 0. The maximum atomic E-state index is 13.2. The lowest BCUT2D eigenvalue weighted by Gasteiger charge is -2.45. The summed E-state index contributed by atoms with van der Waals surface area (Å²) in [5.74, 6) is -0.158. The Hall–Kier alpha value is -2.86. The van der Waals surface area contributed by atoms with Crippen molar-refractivity contribution in [3.63, 3.8) is 0 Å². The second kappa shape index (κ2) is 9.79. The molecule has 1 unspecified atom stereocenters. The lowest BCUT2D eigenvalue weighted by atomic mass is 9.65. The van der Waals surface area contributed by atoms with Crippen LogP contribution in [0.2, 0.25) is 0 Å². The summed E-state index contributed by atoms with van der Waals surface area (Å²) in [6.07, 6.45) is 11.3. The van der Waals surface area contributed by atoms with Gasteiger partial charge in [-0.05, 0) is 66.8 Å². The molecule has 0 aromatic heterocycles. The number of benzene rings is 2. The van der Waals surface area contributed by atoms with Gasteiger partial charge in [0.05, 0.1) is 6.04 Å². The maximum absolute atomic E-state index is 13.2. The van der Waals surface area contributed by atoms with E-state index in [1.165, 1.54) is 61.8 Å². The van der Waals surface area contributed by atoms with Crippen LogP contribution in [-0.2, 0) is 10.2 Å². The molecule has 2 N–H and O–H groups in total.